The van der Waals surface area contributed by atoms with Crippen molar-refractivity contribution in [3.63, 3.8) is 0 Å². The van der Waals surface area contributed by atoms with Crippen LogP contribution in [-0.4, -0.2) is 13.2 Å². The van der Waals surface area contributed by atoms with E-state index in [4.69, 9.17) is 0 Å². The first-order chi connectivity index (χ1) is 8.69. The molecule has 1 amide bonds. The average molecular weight is 264 g/mol. The summed E-state index contributed by atoms with van der Waals surface area (Å²) in [6.07, 6.45) is 3.74. The Bertz CT molecular complexity index is 502. The summed E-state index contributed by atoms with van der Waals surface area (Å²) in [5.41, 5.74) is 1.74. The third-order valence-electron chi connectivity index (χ3n) is 3.46. The van der Waals surface area contributed by atoms with Gasteiger partial charge in [0.15, 0.2) is 0 Å². The summed E-state index contributed by atoms with van der Waals surface area (Å²) in [7, 11) is 1.32. The molecular weight excluding hydrogens is 248 g/mol. The molecule has 1 heterocycles. The van der Waals surface area contributed by atoms with Crippen LogP contribution in [0.1, 0.15) is 35.8 Å². The normalized spacial score (nSPS) is 17.7. The smallest absolute Gasteiger partial charge is 0.411 e. The molecule has 1 aliphatic rings. The molecule has 1 atom stereocenters. The second-order valence-electron chi connectivity index (χ2n) is 4.45. The Balaban J connectivity index is 2.31. The number of methoxy groups -OCH3 is 1. The molecule has 0 unspecified atom stereocenters. The minimum atomic E-state index is -0.517. The quantitative estimate of drug-likeness (QED) is 0.891. The highest BCUT2D eigenvalue weighted by Crippen LogP contribution is 2.39. The molecular formula is C13H16N2O2S. The number of thiophene rings is 1. The molecule has 0 spiro atoms. The van der Waals surface area contributed by atoms with Gasteiger partial charge in [0.2, 0.25) is 0 Å². The zero-order valence-corrected chi connectivity index (χ0v) is 11.4. The van der Waals surface area contributed by atoms with Crippen molar-refractivity contribution in [1.29, 1.82) is 5.26 Å². The highest BCUT2D eigenvalue weighted by Gasteiger charge is 2.25. The van der Waals surface area contributed by atoms with Crippen molar-refractivity contribution in [2.45, 2.75) is 32.6 Å². The number of carbonyl (C=O) groups is 1. The number of rotatable bonds is 2. The standard InChI is InChI=1S/C13H16N2O2S/c1-3-8-4-5-9-10(7-14)12(15-13(16)17-2)18-11(9)6-8/h8H,3-6H2,1-2H3,(H,15,16)/t8-/m1/s1. The molecule has 1 aliphatic carbocycles. The zero-order chi connectivity index (χ0) is 13.1. The van der Waals surface area contributed by atoms with Gasteiger partial charge in [-0.1, -0.05) is 13.3 Å². The molecule has 0 aliphatic heterocycles. The van der Waals surface area contributed by atoms with Crippen LogP contribution in [0, 0.1) is 17.2 Å². The highest BCUT2D eigenvalue weighted by atomic mass is 32.1. The third-order valence-corrected chi connectivity index (χ3v) is 4.63. The molecule has 4 nitrogen and oxygen atoms in total. The van der Waals surface area contributed by atoms with E-state index in [9.17, 15) is 10.1 Å². The van der Waals surface area contributed by atoms with Crippen molar-refractivity contribution in [1.82, 2.24) is 0 Å². The maximum absolute atomic E-state index is 11.2. The summed E-state index contributed by atoms with van der Waals surface area (Å²) < 4.78 is 4.58. The fourth-order valence-corrected chi connectivity index (χ4v) is 3.65. The van der Waals surface area contributed by atoms with Crippen LogP contribution >= 0.6 is 11.3 Å². The van der Waals surface area contributed by atoms with Crippen molar-refractivity contribution < 1.29 is 9.53 Å². The Hall–Kier alpha value is -1.54. The number of carbonyl (C=O) groups excluding carboxylic acids is 1. The van der Waals surface area contributed by atoms with Crippen LogP contribution in [0.25, 0.3) is 0 Å². The molecule has 0 saturated heterocycles. The van der Waals surface area contributed by atoms with Gasteiger partial charge in [-0.05, 0) is 30.7 Å². The van der Waals surface area contributed by atoms with Gasteiger partial charge in [-0.2, -0.15) is 5.26 Å². The largest absolute Gasteiger partial charge is 0.453 e. The van der Waals surface area contributed by atoms with Crippen LogP contribution in [0.3, 0.4) is 0 Å². The maximum Gasteiger partial charge on any atom is 0.411 e. The fraction of sp³-hybridized carbons (Fsp3) is 0.538. The van der Waals surface area contributed by atoms with Gasteiger partial charge in [0.05, 0.1) is 12.7 Å². The fourth-order valence-electron chi connectivity index (χ4n) is 2.35. The second-order valence-corrected chi connectivity index (χ2v) is 5.56. The van der Waals surface area contributed by atoms with E-state index in [0.29, 0.717) is 16.5 Å². The lowest BCUT2D eigenvalue weighted by molar-refractivity contribution is 0.187. The number of nitrogens with one attached hydrogen (secondary N) is 1. The lowest BCUT2D eigenvalue weighted by atomic mass is 9.86. The number of hydrogen-bond acceptors (Lipinski definition) is 4. The van der Waals surface area contributed by atoms with E-state index in [1.165, 1.54) is 29.7 Å². The number of nitrogens with zero attached hydrogens (tertiary/aromatic N) is 1. The minimum absolute atomic E-state index is 0.517. The predicted octanol–water partition coefficient (Wildman–Crippen LogP) is 3.31. The van der Waals surface area contributed by atoms with E-state index in [-0.39, 0.29) is 0 Å². The Morgan fingerprint density at radius 3 is 3.06 bits per heavy atom. The molecule has 5 heteroatoms. The molecule has 0 saturated carbocycles. The van der Waals surface area contributed by atoms with Gasteiger partial charge in [-0.3, -0.25) is 5.32 Å². The van der Waals surface area contributed by atoms with Gasteiger partial charge in [0, 0.05) is 4.88 Å². The van der Waals surface area contributed by atoms with Crippen LogP contribution in [0.2, 0.25) is 0 Å². The molecule has 0 aromatic carbocycles. The number of anilines is 1. The lowest BCUT2D eigenvalue weighted by Crippen LogP contribution is -2.12. The average Bonchev–Trinajstić information content (AvgIpc) is 2.74. The molecule has 0 bridgehead atoms. The van der Waals surface area contributed by atoms with Crippen LogP contribution in [0.15, 0.2) is 0 Å². The van der Waals surface area contributed by atoms with Crippen molar-refractivity contribution in [2.24, 2.45) is 5.92 Å². The van der Waals surface area contributed by atoms with Gasteiger partial charge in [-0.15, -0.1) is 11.3 Å². The summed E-state index contributed by atoms with van der Waals surface area (Å²) in [5, 5.41) is 12.5. The minimum Gasteiger partial charge on any atom is -0.453 e. The molecule has 18 heavy (non-hydrogen) atoms. The topological polar surface area (TPSA) is 62.1 Å². The predicted molar refractivity (Wildman–Crippen MR) is 70.9 cm³/mol. The summed E-state index contributed by atoms with van der Waals surface area (Å²) in [4.78, 5) is 12.5. The number of hydrogen-bond donors (Lipinski definition) is 1. The summed E-state index contributed by atoms with van der Waals surface area (Å²) in [6, 6.07) is 2.21. The van der Waals surface area contributed by atoms with Crippen molar-refractivity contribution in [3.8, 4) is 6.07 Å². The lowest BCUT2D eigenvalue weighted by Gasteiger charge is -2.20. The van der Waals surface area contributed by atoms with E-state index in [2.05, 4.69) is 23.0 Å². The maximum atomic E-state index is 11.2. The van der Waals surface area contributed by atoms with E-state index in [0.717, 1.165) is 24.8 Å². The van der Waals surface area contributed by atoms with E-state index in [1.807, 2.05) is 0 Å². The monoisotopic (exact) mass is 264 g/mol. The number of fused-ring (bicyclic) bond motifs is 1. The molecule has 0 radical (unpaired) electrons. The van der Waals surface area contributed by atoms with Gasteiger partial charge in [0.1, 0.15) is 11.1 Å². The first kappa shape index (κ1) is 12.9. The zero-order valence-electron chi connectivity index (χ0n) is 10.6. The summed E-state index contributed by atoms with van der Waals surface area (Å²) in [5.74, 6) is 0.702. The molecule has 0 fully saturated rings. The molecule has 1 N–H and O–H groups in total. The SMILES string of the molecule is CC[C@@H]1CCc2c(sc(NC(=O)OC)c2C#N)C1. The molecule has 1 aromatic rings. The number of nitriles is 1. The van der Waals surface area contributed by atoms with Gasteiger partial charge < -0.3 is 4.74 Å². The number of amides is 1. The molecule has 96 valence electrons. The van der Waals surface area contributed by atoms with Crippen LogP contribution < -0.4 is 5.32 Å². The first-order valence-electron chi connectivity index (χ1n) is 6.09. The Labute approximate surface area is 111 Å². The number of ether oxygens (including phenoxy) is 1. The van der Waals surface area contributed by atoms with Gasteiger partial charge in [-0.25, -0.2) is 4.79 Å². The Kier molecular flexibility index (Phi) is 3.87. The van der Waals surface area contributed by atoms with Crippen molar-refractivity contribution in [2.75, 3.05) is 12.4 Å². The summed E-state index contributed by atoms with van der Waals surface area (Å²) >= 11 is 1.51. The highest BCUT2D eigenvalue weighted by molar-refractivity contribution is 7.16. The molecule has 1 aromatic heterocycles. The van der Waals surface area contributed by atoms with E-state index < -0.39 is 6.09 Å². The van der Waals surface area contributed by atoms with Gasteiger partial charge in [0.25, 0.3) is 0 Å². The van der Waals surface area contributed by atoms with E-state index in [1.54, 1.807) is 0 Å². The van der Waals surface area contributed by atoms with Crippen LogP contribution in [-0.2, 0) is 17.6 Å². The molecule has 2 rings (SSSR count). The Morgan fingerprint density at radius 1 is 1.67 bits per heavy atom. The second kappa shape index (κ2) is 5.40. The summed E-state index contributed by atoms with van der Waals surface area (Å²) in [6.45, 7) is 2.20. The first-order valence-corrected chi connectivity index (χ1v) is 6.90. The van der Waals surface area contributed by atoms with Crippen molar-refractivity contribution in [3.05, 3.63) is 16.0 Å². The van der Waals surface area contributed by atoms with Gasteiger partial charge >= 0.3 is 6.09 Å². The third kappa shape index (κ3) is 2.34. The van der Waals surface area contributed by atoms with E-state index >= 15 is 0 Å². The van der Waals surface area contributed by atoms with Crippen LogP contribution in [0.4, 0.5) is 9.80 Å². The Morgan fingerprint density at radius 2 is 2.44 bits per heavy atom. The van der Waals surface area contributed by atoms with Crippen molar-refractivity contribution >= 4 is 22.4 Å². The van der Waals surface area contributed by atoms with Crippen LogP contribution in [0.5, 0.6) is 0 Å².